The summed E-state index contributed by atoms with van der Waals surface area (Å²) in [5, 5.41) is 0. The molecule has 4 aromatic rings. The van der Waals surface area contributed by atoms with Crippen molar-refractivity contribution in [3.63, 3.8) is 0 Å². The van der Waals surface area contributed by atoms with E-state index in [0.29, 0.717) is 11.4 Å². The van der Waals surface area contributed by atoms with Crippen LogP contribution in [0.2, 0.25) is 0 Å². The Hall–Kier alpha value is -4.14. The number of nitrogens with zero attached hydrogens (tertiary/aromatic N) is 2. The van der Waals surface area contributed by atoms with Gasteiger partial charge in [0.1, 0.15) is 0 Å². The van der Waals surface area contributed by atoms with Crippen LogP contribution in [0.5, 0.6) is 0 Å². The minimum absolute atomic E-state index is 0.111. The van der Waals surface area contributed by atoms with E-state index < -0.39 is 31.9 Å². The molecule has 0 fully saturated rings. The van der Waals surface area contributed by atoms with Gasteiger partial charge in [-0.15, -0.1) is 0 Å². The zero-order valence-corrected chi connectivity index (χ0v) is 22.8. The molecule has 4 aliphatic carbocycles. The van der Waals surface area contributed by atoms with E-state index in [2.05, 4.69) is 33.1 Å². The summed E-state index contributed by atoms with van der Waals surface area (Å²) in [6, 6.07) is 32.6. The number of hydrogen-bond acceptors (Lipinski definition) is 4. The van der Waals surface area contributed by atoms with Crippen molar-refractivity contribution in [2.75, 3.05) is 0 Å². The second-order valence-corrected chi connectivity index (χ2v) is 13.4. The number of hydrogen-bond donors (Lipinski definition) is 0. The maximum atomic E-state index is 13.4. The molecule has 198 valence electrons. The van der Waals surface area contributed by atoms with Gasteiger partial charge in [-0.25, -0.2) is 0 Å². The third-order valence-electron chi connectivity index (χ3n) is 8.08. The van der Waals surface area contributed by atoms with Crippen molar-refractivity contribution in [3.05, 3.63) is 144 Å². The molecule has 4 aromatic carbocycles. The molecule has 0 heterocycles. The first-order valence-electron chi connectivity index (χ1n) is 13.0. The second kappa shape index (κ2) is 9.21. The molecule has 6 nitrogen and oxygen atoms in total. The molecule has 2 unspecified atom stereocenters. The molecule has 0 spiro atoms. The molecule has 4 aliphatic rings. The van der Waals surface area contributed by atoms with Gasteiger partial charge in [-0.05, 0) is 58.7 Å². The highest BCUT2D eigenvalue weighted by molar-refractivity contribution is 7.90. The van der Waals surface area contributed by atoms with Gasteiger partial charge >= 0.3 is 0 Å². The zero-order chi connectivity index (χ0) is 27.5. The predicted molar refractivity (Wildman–Crippen MR) is 155 cm³/mol. The van der Waals surface area contributed by atoms with Gasteiger partial charge in [-0.1, -0.05) is 84.9 Å². The Morgan fingerprint density at radius 1 is 0.425 bits per heavy atom. The standard InChI is InChI=1S/C32H24N2O4S2/c35-39(36,21-11-3-1-4-12-21)33-27-19-20-28(34-40(37,38)22-13-5-2-6-14-22)32-30-25-17-9-7-15-23(25)29(31(27)32)24-16-8-10-18-26(24)30/h1-20,29-32H/b33-27+,34-28+. The van der Waals surface area contributed by atoms with Crippen LogP contribution in [0, 0.1) is 11.8 Å². The van der Waals surface area contributed by atoms with E-state index >= 15 is 0 Å². The summed E-state index contributed by atoms with van der Waals surface area (Å²) >= 11 is 0. The highest BCUT2D eigenvalue weighted by Crippen LogP contribution is 2.60. The molecule has 2 atom stereocenters. The molecular formula is C32H24N2O4S2. The Morgan fingerprint density at radius 2 is 0.725 bits per heavy atom. The summed E-state index contributed by atoms with van der Waals surface area (Å²) in [5.41, 5.74) is 5.25. The second-order valence-electron chi connectivity index (χ2n) is 10.2. The van der Waals surface area contributed by atoms with Crippen LogP contribution in [-0.4, -0.2) is 28.3 Å². The summed E-state index contributed by atoms with van der Waals surface area (Å²) in [6.45, 7) is 0. The number of allylic oxidation sites excluding steroid dienone is 2. The molecule has 0 saturated carbocycles. The highest BCUT2D eigenvalue weighted by atomic mass is 32.2. The molecule has 0 radical (unpaired) electrons. The fourth-order valence-electron chi connectivity index (χ4n) is 6.53. The zero-order valence-electron chi connectivity index (χ0n) is 21.2. The lowest BCUT2D eigenvalue weighted by Crippen LogP contribution is -2.48. The first-order valence-corrected chi connectivity index (χ1v) is 15.9. The summed E-state index contributed by atoms with van der Waals surface area (Å²) in [7, 11) is -8.00. The summed E-state index contributed by atoms with van der Waals surface area (Å²) in [5.74, 6) is -1.24. The smallest absolute Gasteiger partial charge is 0.199 e. The van der Waals surface area contributed by atoms with E-state index in [1.807, 2.05) is 24.3 Å². The van der Waals surface area contributed by atoms with Crippen LogP contribution in [0.1, 0.15) is 34.1 Å². The molecule has 0 N–H and O–H groups in total. The van der Waals surface area contributed by atoms with Crippen LogP contribution in [0.25, 0.3) is 0 Å². The van der Waals surface area contributed by atoms with Gasteiger partial charge in [0.15, 0.2) is 0 Å². The minimum atomic E-state index is -4.00. The quantitative estimate of drug-likeness (QED) is 0.316. The van der Waals surface area contributed by atoms with Gasteiger partial charge in [0, 0.05) is 23.7 Å². The molecule has 0 saturated heterocycles. The Bertz CT molecular complexity index is 1760. The Labute approximate surface area is 233 Å². The number of benzene rings is 4. The normalized spacial score (nSPS) is 24.9. The Morgan fingerprint density at radius 3 is 1.05 bits per heavy atom. The van der Waals surface area contributed by atoms with Crippen LogP contribution in [0.15, 0.2) is 140 Å². The number of sulfonamides is 2. The van der Waals surface area contributed by atoms with Crippen LogP contribution in [-0.2, 0) is 20.0 Å². The van der Waals surface area contributed by atoms with Gasteiger partial charge in [-0.2, -0.15) is 25.6 Å². The topological polar surface area (TPSA) is 93.0 Å². The molecular weight excluding hydrogens is 540 g/mol. The van der Waals surface area contributed by atoms with Crippen LogP contribution in [0.4, 0.5) is 0 Å². The summed E-state index contributed by atoms with van der Waals surface area (Å²) in [4.78, 5) is 0.223. The van der Waals surface area contributed by atoms with Crippen LogP contribution in [0.3, 0.4) is 0 Å². The van der Waals surface area contributed by atoms with E-state index in [-0.39, 0.29) is 21.6 Å². The highest BCUT2D eigenvalue weighted by Gasteiger charge is 2.54. The van der Waals surface area contributed by atoms with E-state index in [1.165, 1.54) is 24.3 Å². The SMILES string of the molecule is O=S(=O)(/N=C1C=C/C(=N\S(=O)(=O)c2ccccc2)C2C3c4ccccc4C(c4ccccc43)C\12)c1ccccc1. The van der Waals surface area contributed by atoms with E-state index in [1.54, 1.807) is 48.6 Å². The monoisotopic (exact) mass is 564 g/mol. The lowest BCUT2D eigenvalue weighted by atomic mass is 9.51. The average molecular weight is 565 g/mol. The third-order valence-corrected chi connectivity index (χ3v) is 10.7. The van der Waals surface area contributed by atoms with Crippen molar-refractivity contribution >= 4 is 31.5 Å². The maximum Gasteiger partial charge on any atom is 0.282 e. The lowest BCUT2D eigenvalue weighted by Gasteiger charge is -2.51. The predicted octanol–water partition coefficient (Wildman–Crippen LogP) is 5.74. The first kappa shape index (κ1) is 24.9. The van der Waals surface area contributed by atoms with E-state index in [0.717, 1.165) is 22.3 Å². The Kier molecular flexibility index (Phi) is 5.73. The van der Waals surface area contributed by atoms with Crippen molar-refractivity contribution < 1.29 is 16.8 Å². The van der Waals surface area contributed by atoms with Gasteiger partial charge in [-0.3, -0.25) is 0 Å². The summed E-state index contributed by atoms with van der Waals surface area (Å²) in [6.07, 6.45) is 3.26. The average Bonchev–Trinajstić information content (AvgIpc) is 2.99. The largest absolute Gasteiger partial charge is 0.282 e. The third kappa shape index (κ3) is 3.90. The minimum Gasteiger partial charge on any atom is -0.199 e. The van der Waals surface area contributed by atoms with Gasteiger partial charge < -0.3 is 0 Å². The van der Waals surface area contributed by atoms with Crippen molar-refractivity contribution in [1.29, 1.82) is 0 Å². The summed E-state index contributed by atoms with van der Waals surface area (Å²) < 4.78 is 62.4. The van der Waals surface area contributed by atoms with Crippen molar-refractivity contribution in [3.8, 4) is 0 Å². The number of rotatable bonds is 4. The Balaban J connectivity index is 1.48. The molecule has 0 aromatic heterocycles. The molecule has 2 bridgehead atoms. The molecule has 40 heavy (non-hydrogen) atoms. The molecule has 8 rings (SSSR count). The molecule has 0 aliphatic heterocycles. The van der Waals surface area contributed by atoms with Crippen molar-refractivity contribution in [2.45, 2.75) is 21.6 Å². The fraction of sp³-hybridized carbons (Fsp3) is 0.125. The first-order chi connectivity index (χ1) is 19.4. The van der Waals surface area contributed by atoms with E-state index in [9.17, 15) is 16.8 Å². The van der Waals surface area contributed by atoms with Gasteiger partial charge in [0.05, 0.1) is 21.2 Å². The van der Waals surface area contributed by atoms with Crippen molar-refractivity contribution in [1.82, 2.24) is 0 Å². The van der Waals surface area contributed by atoms with Crippen LogP contribution < -0.4 is 0 Å². The van der Waals surface area contributed by atoms with Crippen LogP contribution >= 0.6 is 0 Å². The lowest BCUT2D eigenvalue weighted by molar-refractivity contribution is 0.375. The maximum absolute atomic E-state index is 13.4. The molecule has 0 amide bonds. The fourth-order valence-corrected chi connectivity index (χ4v) is 8.66. The van der Waals surface area contributed by atoms with Crippen molar-refractivity contribution in [2.24, 2.45) is 20.6 Å². The van der Waals surface area contributed by atoms with Gasteiger partial charge in [0.2, 0.25) is 0 Å². The van der Waals surface area contributed by atoms with E-state index in [4.69, 9.17) is 0 Å². The molecule has 8 heteroatoms. The van der Waals surface area contributed by atoms with Gasteiger partial charge in [0.25, 0.3) is 20.0 Å².